The molecular weight excluding hydrogens is 63.0 g/mol. The van der Waals surface area contributed by atoms with Gasteiger partial charge in [0.25, 0.3) is 0 Å². The van der Waals surface area contributed by atoms with E-state index in [1.807, 2.05) is 0 Å². The summed E-state index contributed by atoms with van der Waals surface area (Å²) in [6, 6.07) is 0. The number of carbonyl (C=O) groups is 1. The molecule has 1 nitrogen and oxygen atoms in total. The average molecular weight is 69.1 g/mol. The minimum atomic E-state index is 0. The van der Waals surface area contributed by atoms with Gasteiger partial charge >= 0.3 is 31.0 Å². The standard InChI is InChI=1S/C2H4O.Na.H/c1-2-3;;/h2H,1H3;;/q;+1;-1/p+1. The van der Waals surface area contributed by atoms with Crippen molar-refractivity contribution >= 4 is 6.29 Å². The molecule has 0 aromatic carbocycles. The van der Waals surface area contributed by atoms with Crippen LogP contribution in [0.2, 0.25) is 0 Å². The van der Waals surface area contributed by atoms with Crippen LogP contribution >= 0.6 is 0 Å². The van der Waals surface area contributed by atoms with Crippen LogP contribution < -0.4 is 29.6 Å². The Morgan fingerprint density at radius 2 is 2.25 bits per heavy atom. The Morgan fingerprint density at radius 1 is 2.25 bits per heavy atom. The van der Waals surface area contributed by atoms with Gasteiger partial charge in [-0.3, -0.25) is 0 Å². The predicted octanol–water partition coefficient (Wildman–Crippen LogP) is -2.57. The second kappa shape index (κ2) is 9.38. The smallest absolute Gasteiger partial charge is 1.00 e. The molecule has 0 atom stereocenters. The van der Waals surface area contributed by atoms with Gasteiger partial charge in [-0.25, -0.2) is 0 Å². The van der Waals surface area contributed by atoms with Gasteiger partial charge in [-0.2, -0.15) is 0 Å². The Labute approximate surface area is 50.6 Å². The Morgan fingerprint density at radius 3 is 2.25 bits per heavy atom. The van der Waals surface area contributed by atoms with Crippen LogP contribution in [0.3, 0.4) is 0 Å². The number of hydrogen-bond donors (Lipinski definition) is 0. The first kappa shape index (κ1) is 8.82. The van der Waals surface area contributed by atoms with Crippen molar-refractivity contribution in [2.45, 2.75) is 6.92 Å². The summed E-state index contributed by atoms with van der Waals surface area (Å²) in [5, 5.41) is 0. The summed E-state index contributed by atoms with van der Waals surface area (Å²) in [4.78, 5) is 8.81. The van der Waals surface area contributed by atoms with Crippen LogP contribution in [0.5, 0.6) is 0 Å². The third kappa shape index (κ3) is 16.6. The summed E-state index contributed by atoms with van der Waals surface area (Å²) in [6.07, 6.45) is 0.750. The first-order chi connectivity index (χ1) is 1.41. The molecule has 4 heavy (non-hydrogen) atoms. The molecule has 0 heterocycles. The zero-order valence-electron chi connectivity index (χ0n) is 4.99. The second-order valence-corrected chi connectivity index (χ2v) is 0.236. The van der Waals surface area contributed by atoms with Crippen LogP contribution in [-0.4, -0.2) is 6.29 Å². The fraction of sp³-hybridized carbons (Fsp3) is 0.500. The minimum Gasteiger partial charge on any atom is -1.00 e. The van der Waals surface area contributed by atoms with E-state index in [0.717, 1.165) is 6.29 Å². The van der Waals surface area contributed by atoms with Crippen molar-refractivity contribution in [2.75, 3.05) is 0 Å². The molecular formula is C2H6NaO+. The molecule has 0 fully saturated rings. The van der Waals surface area contributed by atoms with E-state index >= 15 is 0 Å². The van der Waals surface area contributed by atoms with Gasteiger partial charge in [0.05, 0.1) is 0 Å². The van der Waals surface area contributed by atoms with Gasteiger partial charge in [-0.05, 0) is 6.92 Å². The summed E-state index contributed by atoms with van der Waals surface area (Å²) >= 11 is 0. The number of carbonyl (C=O) groups excluding carboxylic acids is 1. The molecule has 0 unspecified atom stereocenters. The average Bonchev–Trinajstić information content (AvgIpc) is 0.918. The predicted molar refractivity (Wildman–Crippen MR) is 14.0 cm³/mol. The van der Waals surface area contributed by atoms with Gasteiger partial charge in [0.2, 0.25) is 0 Å². The maximum absolute atomic E-state index is 8.81. The van der Waals surface area contributed by atoms with E-state index in [4.69, 9.17) is 4.79 Å². The maximum atomic E-state index is 8.81. The van der Waals surface area contributed by atoms with Crippen LogP contribution in [0.25, 0.3) is 0 Å². The van der Waals surface area contributed by atoms with Crippen molar-refractivity contribution in [3.63, 3.8) is 0 Å². The topological polar surface area (TPSA) is 17.1 Å². The molecule has 0 aliphatic rings. The van der Waals surface area contributed by atoms with E-state index in [0.29, 0.717) is 0 Å². The molecule has 0 aromatic heterocycles. The maximum Gasteiger partial charge on any atom is 1.00 e. The Hall–Kier alpha value is 0.670. The van der Waals surface area contributed by atoms with E-state index in [1.165, 1.54) is 6.92 Å². The zero-order valence-corrected chi connectivity index (χ0v) is 4.99. The fourth-order valence-corrected chi connectivity index (χ4v) is 0. The Balaban J connectivity index is -0.00000000667. The molecule has 0 bridgehead atoms. The van der Waals surface area contributed by atoms with Crippen LogP contribution in [0, 0.1) is 0 Å². The second-order valence-electron chi connectivity index (χ2n) is 0.236. The molecule has 0 amide bonds. The molecule has 0 spiro atoms. The Kier molecular flexibility index (Phi) is 20.7. The summed E-state index contributed by atoms with van der Waals surface area (Å²) in [5.41, 5.74) is 0. The molecule has 0 aliphatic carbocycles. The van der Waals surface area contributed by atoms with Crippen LogP contribution in [0.4, 0.5) is 0 Å². The number of aldehydes is 1. The number of rotatable bonds is 0. The number of hydrogen-bond acceptors (Lipinski definition) is 1. The van der Waals surface area contributed by atoms with Crippen molar-refractivity contribution in [1.82, 2.24) is 0 Å². The summed E-state index contributed by atoms with van der Waals surface area (Å²) in [7, 11) is 0. The molecule has 0 aromatic rings. The van der Waals surface area contributed by atoms with E-state index in [9.17, 15) is 0 Å². The summed E-state index contributed by atoms with van der Waals surface area (Å²) < 4.78 is 0. The fourth-order valence-electron chi connectivity index (χ4n) is 0. The summed E-state index contributed by atoms with van der Waals surface area (Å²) in [5.74, 6) is 0. The van der Waals surface area contributed by atoms with Crippen LogP contribution in [-0.2, 0) is 4.79 Å². The van der Waals surface area contributed by atoms with Crippen molar-refractivity contribution in [2.24, 2.45) is 0 Å². The molecule has 0 radical (unpaired) electrons. The summed E-state index contributed by atoms with van der Waals surface area (Å²) in [6.45, 7) is 1.44. The normalized spacial score (nSPS) is 3.25. The molecule has 0 aliphatic heterocycles. The third-order valence-corrected chi connectivity index (χ3v) is 0. The monoisotopic (exact) mass is 69.0 g/mol. The SMILES string of the molecule is CC=O.[H+].[H-].[Na+]. The van der Waals surface area contributed by atoms with Crippen LogP contribution in [0.1, 0.15) is 9.78 Å². The van der Waals surface area contributed by atoms with Gasteiger partial charge in [-0.1, -0.05) is 0 Å². The third-order valence-electron chi connectivity index (χ3n) is 0. The van der Waals surface area contributed by atoms with Gasteiger partial charge in [0.15, 0.2) is 0 Å². The first-order valence-electron chi connectivity index (χ1n) is 0.813. The molecule has 0 saturated carbocycles. The van der Waals surface area contributed by atoms with Gasteiger partial charge in [0, 0.05) is 0 Å². The zero-order chi connectivity index (χ0) is 2.71. The first-order valence-corrected chi connectivity index (χ1v) is 0.813. The quantitative estimate of drug-likeness (QED) is 0.226. The van der Waals surface area contributed by atoms with Crippen molar-refractivity contribution in [1.29, 1.82) is 0 Å². The van der Waals surface area contributed by atoms with Gasteiger partial charge in [-0.15, -0.1) is 0 Å². The molecule has 0 N–H and O–H groups in total. The van der Waals surface area contributed by atoms with Crippen molar-refractivity contribution < 1.29 is 37.2 Å². The van der Waals surface area contributed by atoms with Crippen molar-refractivity contribution in [3.8, 4) is 0 Å². The molecule has 0 saturated heterocycles. The molecule has 0 rings (SSSR count). The van der Waals surface area contributed by atoms with Crippen LogP contribution in [0.15, 0.2) is 0 Å². The molecule has 20 valence electrons. The van der Waals surface area contributed by atoms with Crippen molar-refractivity contribution in [3.05, 3.63) is 0 Å². The van der Waals surface area contributed by atoms with E-state index < -0.39 is 0 Å². The van der Waals surface area contributed by atoms with E-state index in [1.54, 1.807) is 0 Å². The van der Waals surface area contributed by atoms with E-state index in [-0.39, 0.29) is 32.4 Å². The largest absolute Gasteiger partial charge is 1.00 e. The van der Waals surface area contributed by atoms with Gasteiger partial charge in [0.1, 0.15) is 6.29 Å². The minimum absolute atomic E-state index is 0. The van der Waals surface area contributed by atoms with E-state index in [2.05, 4.69) is 0 Å². The van der Waals surface area contributed by atoms with Gasteiger partial charge < -0.3 is 6.22 Å². The molecule has 2 heteroatoms. The Bertz CT molecular complexity index is 19.0.